The lowest BCUT2D eigenvalue weighted by Gasteiger charge is -2.23. The topological polar surface area (TPSA) is 6.48 Å². The van der Waals surface area contributed by atoms with E-state index in [1.165, 1.54) is 32.1 Å². The van der Waals surface area contributed by atoms with Gasteiger partial charge in [0.2, 0.25) is 0 Å². The van der Waals surface area contributed by atoms with Crippen LogP contribution in [-0.4, -0.2) is 54.2 Å². The van der Waals surface area contributed by atoms with Gasteiger partial charge in [0.15, 0.2) is 0 Å². The molecule has 2 heterocycles. The fraction of sp³-hybridized carbons (Fsp3) is 1.00. The molecule has 82 valence electrons. The lowest BCUT2D eigenvalue weighted by molar-refractivity contribution is 0.233. The van der Waals surface area contributed by atoms with Crippen LogP contribution >= 0.6 is 11.8 Å². The van der Waals surface area contributed by atoms with E-state index in [2.05, 4.69) is 29.9 Å². The molecule has 0 aliphatic carbocycles. The van der Waals surface area contributed by atoms with E-state index in [-0.39, 0.29) is 0 Å². The van der Waals surface area contributed by atoms with Crippen molar-refractivity contribution >= 4 is 11.8 Å². The SMILES string of the molecule is CSCN1CC2CN(C(C)C)CC2C1. The lowest BCUT2D eigenvalue weighted by atomic mass is 10.0. The van der Waals surface area contributed by atoms with E-state index >= 15 is 0 Å². The molecule has 0 radical (unpaired) electrons. The van der Waals surface area contributed by atoms with Gasteiger partial charge in [-0.25, -0.2) is 0 Å². The van der Waals surface area contributed by atoms with Gasteiger partial charge in [0.05, 0.1) is 0 Å². The van der Waals surface area contributed by atoms with Crippen LogP contribution in [0, 0.1) is 11.8 Å². The number of thioether (sulfide) groups is 1. The third-order valence-electron chi connectivity index (χ3n) is 3.63. The number of hydrogen-bond donors (Lipinski definition) is 0. The number of fused-ring (bicyclic) bond motifs is 1. The number of likely N-dealkylation sites (tertiary alicyclic amines) is 2. The quantitative estimate of drug-likeness (QED) is 0.704. The molecule has 2 rings (SSSR count). The highest BCUT2D eigenvalue weighted by Gasteiger charge is 2.40. The third kappa shape index (κ3) is 2.10. The van der Waals surface area contributed by atoms with Crippen molar-refractivity contribution in [1.29, 1.82) is 0 Å². The van der Waals surface area contributed by atoms with Gasteiger partial charge in [-0.05, 0) is 31.9 Å². The first-order valence-corrected chi connectivity index (χ1v) is 7.05. The van der Waals surface area contributed by atoms with Crippen molar-refractivity contribution in [3.63, 3.8) is 0 Å². The monoisotopic (exact) mass is 214 g/mol. The Bertz CT molecular complexity index is 182. The van der Waals surface area contributed by atoms with E-state index in [4.69, 9.17) is 0 Å². The Morgan fingerprint density at radius 3 is 2.14 bits per heavy atom. The molecule has 2 nitrogen and oxygen atoms in total. The van der Waals surface area contributed by atoms with Crippen LogP contribution in [0.15, 0.2) is 0 Å². The molecule has 0 aromatic carbocycles. The molecule has 2 unspecified atom stereocenters. The minimum atomic E-state index is 0.745. The highest BCUT2D eigenvalue weighted by molar-refractivity contribution is 7.98. The first kappa shape index (κ1) is 10.8. The maximum Gasteiger partial charge on any atom is 0.0441 e. The average molecular weight is 214 g/mol. The van der Waals surface area contributed by atoms with Gasteiger partial charge in [-0.2, -0.15) is 0 Å². The van der Waals surface area contributed by atoms with E-state index in [1.807, 2.05) is 11.8 Å². The van der Waals surface area contributed by atoms with Crippen LogP contribution in [0.2, 0.25) is 0 Å². The highest BCUT2D eigenvalue weighted by Crippen LogP contribution is 2.32. The first-order chi connectivity index (χ1) is 6.70. The highest BCUT2D eigenvalue weighted by atomic mass is 32.2. The van der Waals surface area contributed by atoms with Gasteiger partial charge in [0, 0.05) is 38.1 Å². The fourth-order valence-electron chi connectivity index (χ4n) is 2.84. The normalized spacial score (nSPS) is 34.3. The summed E-state index contributed by atoms with van der Waals surface area (Å²) in [5.74, 6) is 3.16. The molecular formula is C11H22N2S. The van der Waals surface area contributed by atoms with E-state index < -0.39 is 0 Å². The maximum atomic E-state index is 2.64. The van der Waals surface area contributed by atoms with E-state index in [1.54, 1.807) is 0 Å². The van der Waals surface area contributed by atoms with Gasteiger partial charge in [-0.1, -0.05) is 0 Å². The van der Waals surface area contributed by atoms with Crippen molar-refractivity contribution in [2.45, 2.75) is 19.9 Å². The van der Waals surface area contributed by atoms with Gasteiger partial charge in [0.25, 0.3) is 0 Å². The third-order valence-corrected chi connectivity index (χ3v) is 4.26. The van der Waals surface area contributed by atoms with Crippen LogP contribution in [0.1, 0.15) is 13.8 Å². The molecule has 0 N–H and O–H groups in total. The van der Waals surface area contributed by atoms with Crippen molar-refractivity contribution < 1.29 is 0 Å². The second-order valence-corrected chi connectivity index (χ2v) is 5.86. The van der Waals surface area contributed by atoms with Crippen molar-refractivity contribution in [2.75, 3.05) is 38.3 Å². The first-order valence-electron chi connectivity index (χ1n) is 5.66. The van der Waals surface area contributed by atoms with E-state index in [0.29, 0.717) is 0 Å². The van der Waals surface area contributed by atoms with E-state index in [9.17, 15) is 0 Å². The Morgan fingerprint density at radius 2 is 1.71 bits per heavy atom. The summed E-state index contributed by atoms with van der Waals surface area (Å²) in [6.45, 7) is 10.0. The molecule has 2 fully saturated rings. The molecule has 0 saturated carbocycles. The van der Waals surface area contributed by atoms with Gasteiger partial charge in [-0.3, -0.25) is 4.90 Å². The molecule has 2 aliphatic rings. The molecule has 2 atom stereocenters. The van der Waals surface area contributed by atoms with Gasteiger partial charge >= 0.3 is 0 Å². The summed E-state index contributed by atoms with van der Waals surface area (Å²) in [5, 5.41) is 0. The summed E-state index contributed by atoms with van der Waals surface area (Å²) in [6, 6.07) is 0.745. The van der Waals surface area contributed by atoms with Crippen LogP contribution in [0.5, 0.6) is 0 Å². The van der Waals surface area contributed by atoms with Gasteiger partial charge in [0.1, 0.15) is 0 Å². The molecule has 0 spiro atoms. The summed E-state index contributed by atoms with van der Waals surface area (Å²) < 4.78 is 0. The summed E-state index contributed by atoms with van der Waals surface area (Å²) in [6.07, 6.45) is 2.20. The van der Waals surface area contributed by atoms with Crippen molar-refractivity contribution in [3.05, 3.63) is 0 Å². The lowest BCUT2D eigenvalue weighted by Crippen LogP contribution is -2.32. The van der Waals surface area contributed by atoms with Gasteiger partial charge < -0.3 is 4.90 Å². The Hall–Kier alpha value is 0.270. The minimum absolute atomic E-state index is 0.745. The van der Waals surface area contributed by atoms with Crippen LogP contribution in [0.25, 0.3) is 0 Å². The Balaban J connectivity index is 1.84. The fourth-order valence-corrected chi connectivity index (χ4v) is 3.41. The predicted octanol–water partition coefficient (Wildman–Crippen LogP) is 1.58. The summed E-state index contributed by atoms with van der Waals surface area (Å²) in [4.78, 5) is 5.27. The smallest absolute Gasteiger partial charge is 0.0441 e. The van der Waals surface area contributed by atoms with E-state index in [0.717, 1.165) is 17.9 Å². The molecule has 14 heavy (non-hydrogen) atoms. The Morgan fingerprint density at radius 1 is 1.14 bits per heavy atom. The number of nitrogens with zero attached hydrogens (tertiary/aromatic N) is 2. The summed E-state index contributed by atoms with van der Waals surface area (Å²) in [5.41, 5.74) is 0. The molecule has 0 bridgehead atoms. The molecule has 2 aliphatic heterocycles. The molecule has 2 saturated heterocycles. The Labute approximate surface area is 92.0 Å². The van der Waals surface area contributed by atoms with Crippen molar-refractivity contribution in [1.82, 2.24) is 9.80 Å². The molecular weight excluding hydrogens is 192 g/mol. The van der Waals surface area contributed by atoms with Crippen molar-refractivity contribution in [3.8, 4) is 0 Å². The maximum absolute atomic E-state index is 2.64. The zero-order chi connectivity index (χ0) is 10.1. The largest absolute Gasteiger partial charge is 0.300 e. The van der Waals surface area contributed by atoms with Crippen LogP contribution < -0.4 is 0 Å². The van der Waals surface area contributed by atoms with Crippen molar-refractivity contribution in [2.24, 2.45) is 11.8 Å². The zero-order valence-electron chi connectivity index (χ0n) is 9.57. The molecule has 3 heteroatoms. The standard InChI is InChI=1S/C11H22N2S/c1-9(2)13-6-10-4-12(8-14-3)5-11(10)7-13/h9-11H,4-8H2,1-3H3. The minimum Gasteiger partial charge on any atom is -0.300 e. The number of rotatable bonds is 3. The summed E-state index contributed by atoms with van der Waals surface area (Å²) in [7, 11) is 0. The van der Waals surface area contributed by atoms with Crippen LogP contribution in [-0.2, 0) is 0 Å². The molecule has 0 aromatic heterocycles. The van der Waals surface area contributed by atoms with Crippen LogP contribution in [0.4, 0.5) is 0 Å². The second-order valence-electron chi connectivity index (χ2n) is 5.02. The molecule has 0 aromatic rings. The molecule has 0 amide bonds. The zero-order valence-corrected chi connectivity index (χ0v) is 10.4. The Kier molecular flexibility index (Phi) is 3.40. The average Bonchev–Trinajstić information content (AvgIpc) is 2.61. The second kappa shape index (κ2) is 4.42. The predicted molar refractivity (Wildman–Crippen MR) is 63.6 cm³/mol. The summed E-state index contributed by atoms with van der Waals surface area (Å²) >= 11 is 1.96. The number of hydrogen-bond acceptors (Lipinski definition) is 3. The van der Waals surface area contributed by atoms with Gasteiger partial charge in [-0.15, -0.1) is 11.8 Å². The van der Waals surface area contributed by atoms with Crippen LogP contribution in [0.3, 0.4) is 0 Å².